The van der Waals surface area contributed by atoms with Gasteiger partial charge in [-0.05, 0) is 63.1 Å². The lowest BCUT2D eigenvalue weighted by Gasteiger charge is -2.16. The Morgan fingerprint density at radius 1 is 1.16 bits per heavy atom. The maximum absolute atomic E-state index is 12.1. The van der Waals surface area contributed by atoms with Crippen molar-refractivity contribution in [2.75, 3.05) is 18.5 Å². The van der Waals surface area contributed by atoms with Crippen LogP contribution in [0.25, 0.3) is 11.0 Å². The maximum Gasteiger partial charge on any atom is 0.222 e. The van der Waals surface area contributed by atoms with Crippen LogP contribution < -0.4 is 15.4 Å². The molecule has 0 radical (unpaired) electrons. The van der Waals surface area contributed by atoms with Gasteiger partial charge in [0.2, 0.25) is 5.91 Å². The lowest BCUT2D eigenvalue weighted by molar-refractivity contribution is -0.124. The van der Waals surface area contributed by atoms with Crippen molar-refractivity contribution >= 4 is 58.2 Å². The molecule has 2 aromatic heterocycles. The third-order valence-electron chi connectivity index (χ3n) is 6.10. The quantitative estimate of drug-likeness (QED) is 0.111. The number of nitrogens with one attached hydrogen (secondary N) is 2. The van der Waals surface area contributed by atoms with Crippen molar-refractivity contribution in [2.45, 2.75) is 53.2 Å². The molecule has 0 saturated carbocycles. The van der Waals surface area contributed by atoms with E-state index in [4.69, 9.17) is 21.2 Å². The van der Waals surface area contributed by atoms with E-state index in [1.165, 1.54) is 6.33 Å². The summed E-state index contributed by atoms with van der Waals surface area (Å²) in [5.74, 6) is 1.91. The maximum atomic E-state index is 12.1. The zero-order valence-electron chi connectivity index (χ0n) is 24.9. The highest BCUT2D eigenvalue weighted by molar-refractivity contribution is 6.32. The van der Waals surface area contributed by atoms with Gasteiger partial charge in [-0.25, -0.2) is 9.97 Å². The zero-order valence-corrected chi connectivity index (χ0v) is 26.5. The lowest BCUT2D eigenvalue weighted by Crippen LogP contribution is -2.33. The molecule has 0 atom stereocenters. The first-order chi connectivity index (χ1) is 20.0. The second-order valence-corrected chi connectivity index (χ2v) is 11.5. The van der Waals surface area contributed by atoms with Crippen LogP contribution in [-0.4, -0.2) is 50.0 Å². The molecule has 3 N–H and O–H groups in total. The predicted octanol–water partition coefficient (Wildman–Crippen LogP) is 6.72. The van der Waals surface area contributed by atoms with Crippen LogP contribution in [0.2, 0.25) is 5.02 Å². The zero-order chi connectivity index (χ0) is 30.3. The number of fused-ring (bicyclic) bond motifs is 1. The second-order valence-electron chi connectivity index (χ2n) is 11.1. The van der Waals surface area contributed by atoms with E-state index >= 15 is 0 Å². The molecule has 0 aliphatic rings. The Morgan fingerprint density at radius 3 is 2.67 bits per heavy atom. The molecule has 0 aliphatic carbocycles. The van der Waals surface area contributed by atoms with Crippen LogP contribution in [-0.2, 0) is 16.2 Å². The first-order valence-corrected chi connectivity index (χ1v) is 14.2. The first kappa shape index (κ1) is 33.6. The van der Waals surface area contributed by atoms with Crippen molar-refractivity contribution in [1.82, 2.24) is 19.9 Å². The van der Waals surface area contributed by atoms with Crippen LogP contribution in [0.5, 0.6) is 11.5 Å². The number of hydrogen-bond donors (Lipinski definition) is 3. The van der Waals surface area contributed by atoms with Crippen molar-refractivity contribution in [3.05, 3.63) is 71.6 Å². The summed E-state index contributed by atoms with van der Waals surface area (Å²) < 4.78 is 8.05. The summed E-state index contributed by atoms with van der Waals surface area (Å²) in [5.41, 5.74) is 2.85. The molecule has 10 nitrogen and oxygen atoms in total. The molecule has 230 valence electrons. The molecule has 2 heterocycles. The van der Waals surface area contributed by atoms with Crippen LogP contribution >= 0.6 is 24.0 Å². The summed E-state index contributed by atoms with van der Waals surface area (Å²) in [6.07, 6.45) is 3.42. The van der Waals surface area contributed by atoms with Gasteiger partial charge in [0.05, 0.1) is 28.3 Å². The number of benzene rings is 2. The molecule has 0 saturated heterocycles. The molecule has 0 spiro atoms. The van der Waals surface area contributed by atoms with E-state index in [1.807, 2.05) is 54.1 Å². The summed E-state index contributed by atoms with van der Waals surface area (Å²) in [6, 6.07) is 14.9. The minimum Gasteiger partial charge on any atom is -0.456 e. The highest BCUT2D eigenvalue weighted by Gasteiger charge is 2.18. The third-order valence-corrected chi connectivity index (χ3v) is 6.40. The van der Waals surface area contributed by atoms with Crippen molar-refractivity contribution in [3.63, 3.8) is 0 Å². The fourth-order valence-corrected chi connectivity index (χ4v) is 4.35. The van der Waals surface area contributed by atoms with Crippen LogP contribution in [0.15, 0.2) is 66.2 Å². The summed E-state index contributed by atoms with van der Waals surface area (Å²) >= 11 is 6.61. The molecule has 12 heteroatoms. The number of oxime groups is 1. The summed E-state index contributed by atoms with van der Waals surface area (Å²) in [5, 5.41) is 20.6. The van der Waals surface area contributed by atoms with Crippen molar-refractivity contribution < 1.29 is 19.5 Å². The average Bonchev–Trinajstić information content (AvgIpc) is 3.33. The fraction of sp³-hybridized carbons (Fsp3) is 0.355. The molecule has 0 unspecified atom stereocenters. The monoisotopic (exact) mass is 628 g/mol. The molecule has 2 aromatic carbocycles. The molecule has 4 rings (SSSR count). The number of rotatable bonds is 13. The Hall–Kier alpha value is -3.86. The highest BCUT2D eigenvalue weighted by atomic mass is 35.5. The average molecular weight is 630 g/mol. The largest absolute Gasteiger partial charge is 0.456 e. The fourth-order valence-electron chi connectivity index (χ4n) is 4.13. The standard InChI is InChI=1S/C31H37ClN6O4.ClH/c1-20(2)18-41-37-21(3)22-7-6-8-24(15-22)42-27-10-9-23(16-25(27)32)36-30-29-26(34-19-35-30)11-13-38(29)14-12-33-28(39)17-31(4,5)40;/h6-11,13,15-16,19-20,40H,12,14,17-18H2,1-5H3,(H,33,39)(H,34,35,36);1H/b37-21-;. The summed E-state index contributed by atoms with van der Waals surface area (Å²) in [7, 11) is 0. The van der Waals surface area contributed by atoms with Gasteiger partial charge in [0.25, 0.3) is 0 Å². The number of anilines is 2. The molecule has 1 amide bonds. The Morgan fingerprint density at radius 2 is 1.95 bits per heavy atom. The number of aliphatic hydroxyl groups is 1. The van der Waals surface area contributed by atoms with Gasteiger partial charge in [-0.2, -0.15) is 0 Å². The van der Waals surface area contributed by atoms with Crippen molar-refractivity contribution in [1.29, 1.82) is 0 Å². The van der Waals surface area contributed by atoms with E-state index in [-0.39, 0.29) is 24.7 Å². The van der Waals surface area contributed by atoms with Crippen LogP contribution in [0, 0.1) is 5.92 Å². The molecular formula is C31H38Cl2N6O4. The molecule has 43 heavy (non-hydrogen) atoms. The number of carbonyl (C=O) groups excluding carboxylic acids is 1. The van der Waals surface area contributed by atoms with Crippen LogP contribution in [0.3, 0.4) is 0 Å². The lowest BCUT2D eigenvalue weighted by atomic mass is 10.1. The smallest absolute Gasteiger partial charge is 0.222 e. The van der Waals surface area contributed by atoms with Gasteiger partial charge < -0.3 is 29.9 Å². The molecular weight excluding hydrogens is 591 g/mol. The van der Waals surface area contributed by atoms with Crippen LogP contribution in [0.1, 0.15) is 46.6 Å². The minimum absolute atomic E-state index is 0. The Labute approximate surface area is 262 Å². The van der Waals surface area contributed by atoms with E-state index in [0.717, 1.165) is 28.0 Å². The summed E-state index contributed by atoms with van der Waals surface area (Å²) in [6.45, 7) is 10.7. The normalized spacial score (nSPS) is 11.8. The van der Waals surface area contributed by atoms with E-state index in [0.29, 0.717) is 48.0 Å². The molecule has 0 bridgehead atoms. The number of carbonyl (C=O) groups is 1. The van der Waals surface area contributed by atoms with Gasteiger partial charge in [0, 0.05) is 30.5 Å². The van der Waals surface area contributed by atoms with Crippen LogP contribution in [0.4, 0.5) is 11.5 Å². The van der Waals surface area contributed by atoms with E-state index in [2.05, 4.69) is 39.6 Å². The number of hydrogen-bond acceptors (Lipinski definition) is 8. The van der Waals surface area contributed by atoms with Gasteiger partial charge in [-0.15, -0.1) is 12.4 Å². The second kappa shape index (κ2) is 15.0. The number of amides is 1. The van der Waals surface area contributed by atoms with Crippen molar-refractivity contribution in [3.8, 4) is 11.5 Å². The summed E-state index contributed by atoms with van der Waals surface area (Å²) in [4.78, 5) is 26.3. The minimum atomic E-state index is -1.06. The number of ether oxygens (including phenoxy) is 1. The number of nitrogens with zero attached hydrogens (tertiary/aromatic N) is 4. The van der Waals surface area contributed by atoms with Gasteiger partial charge in [-0.1, -0.05) is 42.7 Å². The van der Waals surface area contributed by atoms with Gasteiger partial charge >= 0.3 is 0 Å². The predicted molar refractivity (Wildman–Crippen MR) is 173 cm³/mol. The third kappa shape index (κ3) is 9.84. The van der Waals surface area contributed by atoms with Gasteiger partial charge in [0.15, 0.2) is 5.82 Å². The molecule has 4 aromatic rings. The Balaban J connectivity index is 0.00000506. The van der Waals surface area contributed by atoms with Gasteiger partial charge in [-0.3, -0.25) is 4.79 Å². The van der Waals surface area contributed by atoms with E-state index in [1.54, 1.807) is 26.0 Å². The highest BCUT2D eigenvalue weighted by Crippen LogP contribution is 2.33. The van der Waals surface area contributed by atoms with Crippen molar-refractivity contribution in [2.24, 2.45) is 11.1 Å². The Kier molecular flexibility index (Phi) is 11.8. The van der Waals surface area contributed by atoms with Gasteiger partial charge in [0.1, 0.15) is 29.9 Å². The molecule has 0 fully saturated rings. The SMILES string of the molecule is C/C(=N/OCC(C)C)c1cccc(Oc2ccc(Nc3ncnc4ccn(CCNC(=O)CC(C)(C)O)c34)cc2Cl)c1.Cl. The van der Waals surface area contributed by atoms with E-state index in [9.17, 15) is 9.90 Å². The first-order valence-electron chi connectivity index (χ1n) is 13.8. The topological polar surface area (TPSA) is 123 Å². The number of aromatic nitrogens is 3. The Bertz CT molecular complexity index is 1570. The number of halogens is 2. The van der Waals surface area contributed by atoms with E-state index < -0.39 is 5.60 Å². The molecule has 0 aliphatic heterocycles.